The summed E-state index contributed by atoms with van der Waals surface area (Å²) in [5.74, 6) is 5.56. The zero-order valence-corrected chi connectivity index (χ0v) is 12.9. The monoisotopic (exact) mass is 318 g/mol. The lowest BCUT2D eigenvalue weighted by Gasteiger charge is -2.06. The molecule has 1 aromatic heterocycles. The maximum atomic E-state index is 12.2. The molecule has 2 aromatic rings. The number of benzene rings is 1. The van der Waals surface area contributed by atoms with E-state index in [1.807, 2.05) is 30.3 Å². The molecule has 0 aliphatic carbocycles. The van der Waals surface area contributed by atoms with Gasteiger partial charge in [-0.05, 0) is 30.7 Å². The minimum Gasteiger partial charge on any atom is -0.352 e. The van der Waals surface area contributed by atoms with E-state index >= 15 is 0 Å². The minimum atomic E-state index is -0.125. The molecule has 0 unspecified atom stereocenters. The Hall–Kier alpha value is -1.80. The van der Waals surface area contributed by atoms with E-state index in [1.165, 1.54) is 11.3 Å². The van der Waals surface area contributed by atoms with Crippen LogP contribution in [0.5, 0.6) is 0 Å². The van der Waals surface area contributed by atoms with Gasteiger partial charge in [-0.3, -0.25) is 4.79 Å². The lowest BCUT2D eigenvalue weighted by molar-refractivity contribution is 0.0954. The highest BCUT2D eigenvalue weighted by Crippen LogP contribution is 2.21. The largest absolute Gasteiger partial charge is 0.352 e. The van der Waals surface area contributed by atoms with Gasteiger partial charge < -0.3 is 11.1 Å². The van der Waals surface area contributed by atoms with Gasteiger partial charge >= 0.3 is 0 Å². The molecule has 0 fully saturated rings. The number of amides is 1. The first-order chi connectivity index (χ1) is 10.2. The van der Waals surface area contributed by atoms with Crippen LogP contribution >= 0.6 is 22.9 Å². The van der Waals surface area contributed by atoms with E-state index in [2.05, 4.69) is 17.2 Å². The van der Waals surface area contributed by atoms with E-state index in [0.29, 0.717) is 17.7 Å². The molecule has 0 atom stereocenters. The van der Waals surface area contributed by atoms with E-state index in [9.17, 15) is 4.79 Å². The van der Waals surface area contributed by atoms with Crippen molar-refractivity contribution in [2.24, 2.45) is 5.73 Å². The summed E-state index contributed by atoms with van der Waals surface area (Å²) in [4.78, 5) is 13.3. The smallest absolute Gasteiger partial charge is 0.252 e. The first kappa shape index (κ1) is 15.6. The van der Waals surface area contributed by atoms with E-state index in [1.54, 1.807) is 6.07 Å². The molecule has 0 radical (unpaired) electrons. The van der Waals surface area contributed by atoms with Crippen LogP contribution in [0, 0.1) is 11.8 Å². The number of carbonyl (C=O) groups is 1. The molecule has 1 heterocycles. The second-order valence-electron chi connectivity index (χ2n) is 4.26. The highest BCUT2D eigenvalue weighted by molar-refractivity contribution is 7.16. The van der Waals surface area contributed by atoms with Crippen LogP contribution in [0.25, 0.3) is 0 Å². The fourth-order valence-electron chi connectivity index (χ4n) is 1.82. The first-order valence-corrected chi connectivity index (χ1v) is 7.70. The SMILES string of the molecule is NCC#Cc1ccccc1C(=O)NCCc1ccc(Cl)s1. The Labute approximate surface area is 133 Å². The van der Waals surface area contributed by atoms with Crippen LogP contribution in [0.3, 0.4) is 0 Å². The Balaban J connectivity index is 1.97. The summed E-state index contributed by atoms with van der Waals surface area (Å²) in [7, 11) is 0. The Morgan fingerprint density at radius 3 is 2.81 bits per heavy atom. The molecule has 0 saturated heterocycles. The number of carbonyl (C=O) groups excluding carboxylic acids is 1. The summed E-state index contributed by atoms with van der Waals surface area (Å²) in [5.41, 5.74) is 6.63. The topological polar surface area (TPSA) is 55.1 Å². The van der Waals surface area contributed by atoms with Crippen molar-refractivity contribution in [1.29, 1.82) is 0 Å². The van der Waals surface area contributed by atoms with E-state index in [-0.39, 0.29) is 12.5 Å². The minimum absolute atomic E-state index is 0.125. The van der Waals surface area contributed by atoms with Crippen LogP contribution in [0.15, 0.2) is 36.4 Å². The Morgan fingerprint density at radius 1 is 1.29 bits per heavy atom. The summed E-state index contributed by atoms with van der Waals surface area (Å²) in [6, 6.07) is 11.1. The van der Waals surface area contributed by atoms with Crippen LogP contribution in [-0.4, -0.2) is 19.0 Å². The third-order valence-electron chi connectivity index (χ3n) is 2.78. The van der Waals surface area contributed by atoms with Crippen LogP contribution < -0.4 is 11.1 Å². The molecule has 3 N–H and O–H groups in total. The fourth-order valence-corrected chi connectivity index (χ4v) is 2.90. The third-order valence-corrected chi connectivity index (χ3v) is 4.07. The van der Waals surface area contributed by atoms with Gasteiger partial charge in [-0.15, -0.1) is 11.3 Å². The van der Waals surface area contributed by atoms with E-state index < -0.39 is 0 Å². The fraction of sp³-hybridized carbons (Fsp3) is 0.188. The number of nitrogens with two attached hydrogens (primary N) is 1. The molecule has 108 valence electrons. The number of hydrogen-bond acceptors (Lipinski definition) is 3. The molecule has 0 aliphatic rings. The van der Waals surface area contributed by atoms with Gasteiger partial charge in [0.1, 0.15) is 0 Å². The average Bonchev–Trinajstić information content (AvgIpc) is 2.91. The Kier molecular flexibility index (Phi) is 5.82. The number of nitrogens with one attached hydrogen (secondary N) is 1. The molecule has 2 rings (SSSR count). The third kappa shape index (κ3) is 4.61. The standard InChI is InChI=1S/C16H15ClN2OS/c17-15-8-7-13(21-15)9-11-19-16(20)14-6-2-1-4-12(14)5-3-10-18/h1-2,4,6-8H,9-11,18H2,(H,19,20). The van der Waals surface area contributed by atoms with Gasteiger partial charge in [0.15, 0.2) is 0 Å². The normalized spacial score (nSPS) is 9.81. The van der Waals surface area contributed by atoms with E-state index in [4.69, 9.17) is 17.3 Å². The lowest BCUT2D eigenvalue weighted by atomic mass is 10.1. The predicted molar refractivity (Wildman–Crippen MR) is 87.7 cm³/mol. The van der Waals surface area contributed by atoms with Crippen LogP contribution in [0.4, 0.5) is 0 Å². The first-order valence-electron chi connectivity index (χ1n) is 6.51. The Bertz CT molecular complexity index is 685. The molecule has 21 heavy (non-hydrogen) atoms. The molecule has 0 aliphatic heterocycles. The quantitative estimate of drug-likeness (QED) is 0.852. The summed E-state index contributed by atoms with van der Waals surface area (Å²) in [5, 5.41) is 2.90. The molecule has 1 amide bonds. The van der Waals surface area contributed by atoms with Crippen molar-refractivity contribution in [3.63, 3.8) is 0 Å². The number of halogens is 1. The van der Waals surface area contributed by atoms with Gasteiger partial charge in [0.05, 0.1) is 16.4 Å². The van der Waals surface area contributed by atoms with Gasteiger partial charge in [0.25, 0.3) is 5.91 Å². The molecular weight excluding hydrogens is 304 g/mol. The van der Waals surface area contributed by atoms with Gasteiger partial charge in [0.2, 0.25) is 0 Å². The van der Waals surface area contributed by atoms with Crippen molar-refractivity contribution >= 4 is 28.8 Å². The highest BCUT2D eigenvalue weighted by Gasteiger charge is 2.09. The predicted octanol–water partition coefficient (Wildman–Crippen LogP) is 2.68. The van der Waals surface area contributed by atoms with Gasteiger partial charge in [-0.2, -0.15) is 0 Å². The summed E-state index contributed by atoms with van der Waals surface area (Å²) in [6.45, 7) is 0.837. The summed E-state index contributed by atoms with van der Waals surface area (Å²) < 4.78 is 0.763. The van der Waals surface area contributed by atoms with Crippen LogP contribution in [-0.2, 0) is 6.42 Å². The molecular formula is C16H15ClN2OS. The van der Waals surface area contributed by atoms with Crippen LogP contribution in [0.1, 0.15) is 20.8 Å². The summed E-state index contributed by atoms with van der Waals surface area (Å²) in [6.07, 6.45) is 0.764. The second kappa shape index (κ2) is 7.84. The van der Waals surface area contributed by atoms with Gasteiger partial charge in [0, 0.05) is 17.0 Å². The molecule has 0 saturated carbocycles. The molecule has 3 nitrogen and oxygen atoms in total. The highest BCUT2D eigenvalue weighted by atomic mass is 35.5. The maximum absolute atomic E-state index is 12.2. The van der Waals surface area contributed by atoms with Gasteiger partial charge in [-0.25, -0.2) is 0 Å². The number of thiophene rings is 1. The zero-order chi connectivity index (χ0) is 15.1. The molecule has 0 spiro atoms. The van der Waals surface area contributed by atoms with Crippen molar-refractivity contribution in [2.75, 3.05) is 13.1 Å². The molecule has 1 aromatic carbocycles. The zero-order valence-electron chi connectivity index (χ0n) is 11.4. The van der Waals surface area contributed by atoms with Crippen molar-refractivity contribution in [3.05, 3.63) is 56.7 Å². The maximum Gasteiger partial charge on any atom is 0.252 e. The van der Waals surface area contributed by atoms with Crippen LogP contribution in [0.2, 0.25) is 4.34 Å². The number of hydrogen-bond donors (Lipinski definition) is 2. The van der Waals surface area contributed by atoms with E-state index in [0.717, 1.165) is 15.6 Å². The lowest BCUT2D eigenvalue weighted by Crippen LogP contribution is -2.26. The van der Waals surface area contributed by atoms with Crippen molar-refractivity contribution in [1.82, 2.24) is 5.32 Å². The van der Waals surface area contributed by atoms with Gasteiger partial charge in [-0.1, -0.05) is 35.6 Å². The molecule has 5 heteroatoms. The summed E-state index contributed by atoms with van der Waals surface area (Å²) >= 11 is 7.40. The van der Waals surface area contributed by atoms with Crippen molar-refractivity contribution in [2.45, 2.75) is 6.42 Å². The molecule has 0 bridgehead atoms. The van der Waals surface area contributed by atoms with Crippen molar-refractivity contribution < 1.29 is 4.79 Å². The Morgan fingerprint density at radius 2 is 2.10 bits per heavy atom. The van der Waals surface area contributed by atoms with Crippen molar-refractivity contribution in [3.8, 4) is 11.8 Å². The second-order valence-corrected chi connectivity index (χ2v) is 6.06. The average molecular weight is 319 g/mol. The number of rotatable bonds is 4.